The highest BCUT2D eigenvalue weighted by Crippen LogP contribution is 2.39. The molecule has 172 valence electrons. The molecule has 0 saturated carbocycles. The Morgan fingerprint density at radius 1 is 1.16 bits per heavy atom. The zero-order chi connectivity index (χ0) is 22.9. The molecule has 1 aliphatic carbocycles. The van der Waals surface area contributed by atoms with Gasteiger partial charge >= 0.3 is 5.97 Å². The number of nitrogens with one attached hydrogen (secondary N) is 1. The predicted molar refractivity (Wildman–Crippen MR) is 120 cm³/mol. The van der Waals surface area contributed by atoms with Crippen molar-refractivity contribution in [2.45, 2.75) is 50.5 Å². The maximum Gasteiger partial charge on any atom is 0.341 e. The van der Waals surface area contributed by atoms with Crippen LogP contribution >= 0.6 is 11.3 Å². The van der Waals surface area contributed by atoms with Crippen molar-refractivity contribution in [1.82, 2.24) is 8.87 Å². The Labute approximate surface area is 190 Å². The van der Waals surface area contributed by atoms with Crippen LogP contribution < -0.4 is 10.9 Å². The molecule has 2 aliphatic rings. The number of hydrogen-bond acceptors (Lipinski definition) is 7. The number of thiophene rings is 1. The predicted octanol–water partition coefficient (Wildman–Crippen LogP) is 2.00. The minimum atomic E-state index is -3.71. The fraction of sp³-hybridized carbons (Fsp3) is 0.476. The second-order valence-electron chi connectivity index (χ2n) is 7.77. The minimum Gasteiger partial charge on any atom is -0.462 e. The van der Waals surface area contributed by atoms with E-state index in [0.717, 1.165) is 53.2 Å². The highest BCUT2D eigenvalue weighted by atomic mass is 32.2. The molecule has 1 aliphatic heterocycles. The average Bonchev–Trinajstić information content (AvgIpc) is 3.47. The lowest BCUT2D eigenvalue weighted by Gasteiger charge is -2.16. The highest BCUT2D eigenvalue weighted by Gasteiger charge is 2.29. The first-order valence-corrected chi connectivity index (χ1v) is 12.9. The van der Waals surface area contributed by atoms with E-state index < -0.39 is 27.5 Å². The Balaban J connectivity index is 1.56. The number of sulfonamides is 1. The molecule has 1 saturated heterocycles. The van der Waals surface area contributed by atoms with Crippen molar-refractivity contribution in [3.63, 3.8) is 0 Å². The van der Waals surface area contributed by atoms with Gasteiger partial charge in [0.15, 0.2) is 0 Å². The number of pyridine rings is 1. The van der Waals surface area contributed by atoms with Gasteiger partial charge in [-0.25, -0.2) is 13.2 Å². The van der Waals surface area contributed by atoms with Crippen LogP contribution in [0.2, 0.25) is 0 Å². The van der Waals surface area contributed by atoms with E-state index in [1.807, 2.05) is 0 Å². The van der Waals surface area contributed by atoms with Crippen LogP contribution in [0.15, 0.2) is 28.0 Å². The van der Waals surface area contributed by atoms with E-state index in [2.05, 4.69) is 5.32 Å². The number of fused-ring (bicyclic) bond motifs is 1. The normalized spacial score (nSPS) is 16.2. The van der Waals surface area contributed by atoms with Crippen molar-refractivity contribution in [1.29, 1.82) is 0 Å². The Hall–Kier alpha value is -2.50. The molecule has 0 atom stereocenters. The smallest absolute Gasteiger partial charge is 0.341 e. The summed E-state index contributed by atoms with van der Waals surface area (Å²) < 4.78 is 33.2. The maximum absolute atomic E-state index is 12.8. The van der Waals surface area contributed by atoms with Gasteiger partial charge in [-0.3, -0.25) is 9.59 Å². The number of amides is 1. The summed E-state index contributed by atoms with van der Waals surface area (Å²) in [6.07, 6.45) is 5.36. The lowest BCUT2D eigenvalue weighted by molar-refractivity contribution is -0.116. The molecule has 4 rings (SSSR count). The molecule has 3 heterocycles. The number of carbonyl (C=O) groups excluding carboxylic acids is 2. The number of aryl methyl sites for hydroxylation is 1. The molecule has 0 radical (unpaired) electrons. The van der Waals surface area contributed by atoms with E-state index in [9.17, 15) is 22.8 Å². The van der Waals surface area contributed by atoms with Crippen molar-refractivity contribution in [2.75, 3.05) is 25.0 Å². The van der Waals surface area contributed by atoms with Gasteiger partial charge in [-0.1, -0.05) is 0 Å². The molecule has 0 bridgehead atoms. The second kappa shape index (κ2) is 9.16. The summed E-state index contributed by atoms with van der Waals surface area (Å²) in [6.45, 7) is 2.47. The third-order valence-corrected chi connectivity index (χ3v) is 8.72. The highest BCUT2D eigenvalue weighted by molar-refractivity contribution is 7.89. The molecule has 1 amide bonds. The summed E-state index contributed by atoms with van der Waals surface area (Å²) in [7, 11) is -3.71. The Bertz CT molecular complexity index is 1210. The summed E-state index contributed by atoms with van der Waals surface area (Å²) >= 11 is 1.35. The third kappa shape index (κ3) is 4.37. The van der Waals surface area contributed by atoms with Crippen molar-refractivity contribution >= 4 is 38.2 Å². The first-order valence-electron chi connectivity index (χ1n) is 10.6. The molecule has 1 fully saturated rings. The molecule has 11 heteroatoms. The lowest BCUT2D eigenvalue weighted by Crippen LogP contribution is -2.31. The van der Waals surface area contributed by atoms with E-state index >= 15 is 0 Å². The summed E-state index contributed by atoms with van der Waals surface area (Å²) in [5.41, 5.74) is 0.815. The van der Waals surface area contributed by atoms with E-state index in [0.29, 0.717) is 23.7 Å². The average molecular weight is 480 g/mol. The monoisotopic (exact) mass is 479 g/mol. The molecule has 2 aromatic rings. The standard InChI is InChI=1S/C21H25N3O6S2/c1-2-30-21(27)19-15-6-5-7-16(15)31-20(19)22-17(25)13-23-12-14(8-9-18(23)26)32(28,29)24-10-3-4-11-24/h8-9,12H,2-7,10-11,13H2,1H3,(H,22,25). The van der Waals surface area contributed by atoms with E-state index in [1.165, 1.54) is 27.9 Å². The van der Waals surface area contributed by atoms with Crippen LogP contribution in [0.3, 0.4) is 0 Å². The molecule has 0 unspecified atom stereocenters. The van der Waals surface area contributed by atoms with Gasteiger partial charge in [0.05, 0.1) is 17.1 Å². The SMILES string of the molecule is CCOC(=O)c1c(NC(=O)Cn2cc(S(=O)(=O)N3CCCC3)ccc2=O)sc2c1CCC2. The van der Waals surface area contributed by atoms with Gasteiger partial charge in [0.2, 0.25) is 15.9 Å². The van der Waals surface area contributed by atoms with Crippen LogP contribution in [-0.2, 0) is 38.9 Å². The Kier molecular flexibility index (Phi) is 6.50. The number of esters is 1. The van der Waals surface area contributed by atoms with Crippen molar-refractivity contribution in [2.24, 2.45) is 0 Å². The first-order chi connectivity index (χ1) is 15.3. The fourth-order valence-corrected chi connectivity index (χ4v) is 6.93. The topological polar surface area (TPSA) is 115 Å². The lowest BCUT2D eigenvalue weighted by atomic mass is 10.1. The van der Waals surface area contributed by atoms with Crippen molar-refractivity contribution in [3.8, 4) is 0 Å². The number of hydrogen-bond donors (Lipinski definition) is 1. The third-order valence-electron chi connectivity index (χ3n) is 5.63. The van der Waals surface area contributed by atoms with Crippen LogP contribution in [0, 0.1) is 0 Å². The summed E-state index contributed by atoms with van der Waals surface area (Å²) in [4.78, 5) is 38.5. The molecule has 9 nitrogen and oxygen atoms in total. The van der Waals surface area contributed by atoms with Crippen molar-refractivity contribution in [3.05, 3.63) is 44.7 Å². The molecular weight excluding hydrogens is 454 g/mol. The number of nitrogens with zero attached hydrogens (tertiary/aromatic N) is 2. The van der Waals surface area contributed by atoms with E-state index in [-0.39, 0.29) is 18.0 Å². The molecule has 0 spiro atoms. The molecule has 2 aromatic heterocycles. The van der Waals surface area contributed by atoms with Gasteiger partial charge < -0.3 is 14.6 Å². The van der Waals surface area contributed by atoms with Crippen LogP contribution in [-0.4, -0.2) is 48.9 Å². The molecule has 32 heavy (non-hydrogen) atoms. The molecule has 0 aromatic carbocycles. The van der Waals surface area contributed by atoms with Gasteiger partial charge in [0.1, 0.15) is 11.5 Å². The summed E-state index contributed by atoms with van der Waals surface area (Å²) in [5.74, 6) is -0.994. The zero-order valence-electron chi connectivity index (χ0n) is 17.8. The number of anilines is 1. The number of rotatable bonds is 7. The number of aromatic nitrogens is 1. The largest absolute Gasteiger partial charge is 0.462 e. The van der Waals surface area contributed by atoms with Gasteiger partial charge in [0.25, 0.3) is 5.56 Å². The summed E-state index contributed by atoms with van der Waals surface area (Å²) in [5, 5.41) is 3.14. The van der Waals surface area contributed by atoms with Crippen LogP contribution in [0.25, 0.3) is 0 Å². The first kappa shape index (κ1) is 22.7. The van der Waals surface area contributed by atoms with Crippen LogP contribution in [0.1, 0.15) is 47.0 Å². The number of carbonyl (C=O) groups is 2. The van der Waals surface area contributed by atoms with Crippen molar-refractivity contribution < 1.29 is 22.7 Å². The van der Waals surface area contributed by atoms with E-state index in [1.54, 1.807) is 6.92 Å². The Morgan fingerprint density at radius 3 is 2.62 bits per heavy atom. The Morgan fingerprint density at radius 2 is 1.91 bits per heavy atom. The quantitative estimate of drug-likeness (QED) is 0.608. The zero-order valence-corrected chi connectivity index (χ0v) is 19.4. The van der Waals surface area contributed by atoms with Crippen LogP contribution in [0.4, 0.5) is 5.00 Å². The van der Waals surface area contributed by atoms with Gasteiger partial charge in [-0.15, -0.1) is 11.3 Å². The fourth-order valence-electron chi connectivity index (χ4n) is 4.10. The minimum absolute atomic E-state index is 0.0193. The van der Waals surface area contributed by atoms with Gasteiger partial charge in [-0.2, -0.15) is 4.31 Å². The van der Waals surface area contributed by atoms with E-state index in [4.69, 9.17) is 4.74 Å². The maximum atomic E-state index is 12.8. The molecule has 1 N–H and O–H groups in total. The number of ether oxygens (including phenoxy) is 1. The van der Waals surface area contributed by atoms with Crippen LogP contribution in [0.5, 0.6) is 0 Å². The van der Waals surface area contributed by atoms with Gasteiger partial charge in [-0.05, 0) is 50.7 Å². The molecular formula is C21H25N3O6S2. The van der Waals surface area contributed by atoms with Gasteiger partial charge in [0, 0.05) is 30.2 Å². The second-order valence-corrected chi connectivity index (χ2v) is 10.8. The summed E-state index contributed by atoms with van der Waals surface area (Å²) in [6, 6.07) is 2.42.